The highest BCUT2D eigenvalue weighted by atomic mass is 33.5. The van der Waals surface area contributed by atoms with Crippen LogP contribution in [0.1, 0.15) is 0 Å². The summed E-state index contributed by atoms with van der Waals surface area (Å²) >= 11 is 10.7. The molecule has 0 N–H and O–H groups in total. The van der Waals surface area contributed by atoms with E-state index in [-0.39, 0.29) is 0 Å². The molecule has 0 aliphatic carbocycles. The lowest BCUT2D eigenvalue weighted by Crippen LogP contribution is -2.33. The van der Waals surface area contributed by atoms with Gasteiger partial charge in [0.1, 0.15) is 0 Å². The van der Waals surface area contributed by atoms with E-state index >= 15 is 0 Å². The van der Waals surface area contributed by atoms with Crippen molar-refractivity contribution in [3.05, 3.63) is 59.2 Å². The lowest BCUT2D eigenvalue weighted by atomic mass is 10.5. The van der Waals surface area contributed by atoms with Gasteiger partial charge in [0, 0.05) is 35.1 Å². The van der Waals surface area contributed by atoms with Crippen molar-refractivity contribution in [3.63, 3.8) is 0 Å². The first-order chi connectivity index (χ1) is 8.50. The predicted molar refractivity (Wildman–Crippen MR) is 77.0 cm³/mol. The van der Waals surface area contributed by atoms with E-state index in [1.807, 2.05) is 0 Å². The minimum atomic E-state index is -2.25. The Morgan fingerprint density at radius 1 is 0.944 bits per heavy atom. The molecule has 2 aromatic rings. The predicted octanol–water partition coefficient (Wildman–Crippen LogP) is 1.10. The monoisotopic (exact) mass is 316 g/mol. The first kappa shape index (κ1) is 13.5. The van der Waals surface area contributed by atoms with E-state index in [4.69, 9.17) is 22.4 Å². The van der Waals surface area contributed by atoms with Crippen molar-refractivity contribution in [1.82, 2.24) is 0 Å². The van der Waals surface area contributed by atoms with Crippen LogP contribution in [0.15, 0.2) is 58.8 Å². The average Bonchev–Trinajstić information content (AvgIpc) is 2.32. The van der Waals surface area contributed by atoms with Gasteiger partial charge in [-0.15, -0.1) is 0 Å². The maximum Gasteiger partial charge on any atom is 0.269 e. The molecule has 0 unspecified atom stereocenters. The van der Waals surface area contributed by atoms with Crippen molar-refractivity contribution in [2.75, 3.05) is 0 Å². The molecule has 0 radical (unpaired) electrons. The summed E-state index contributed by atoms with van der Waals surface area (Å²) in [5.74, 6) is 0. The summed E-state index contributed by atoms with van der Waals surface area (Å²) in [6, 6.07) is 9.91. The van der Waals surface area contributed by atoms with Crippen molar-refractivity contribution < 1.29 is 9.46 Å². The topological polar surface area (TPSA) is 53.9 Å². The zero-order valence-electron chi connectivity index (χ0n) is 8.96. The van der Waals surface area contributed by atoms with Gasteiger partial charge in [0.2, 0.25) is 0 Å². The van der Waals surface area contributed by atoms with E-state index in [9.17, 15) is 10.4 Å². The maximum absolute atomic E-state index is 11.6. The minimum absolute atomic E-state index is 0.337. The molecular formula is C10H8N2O2S4. The summed E-state index contributed by atoms with van der Waals surface area (Å²) in [6.45, 7) is 0. The van der Waals surface area contributed by atoms with Crippen LogP contribution in [0.25, 0.3) is 0 Å². The first-order valence-corrected chi connectivity index (χ1v) is 9.63. The zero-order chi connectivity index (χ0) is 13.2. The molecule has 0 saturated heterocycles. The number of rotatable bonds is 3. The molecule has 0 atom stereocenters. The summed E-state index contributed by atoms with van der Waals surface area (Å²) in [7, 11) is 1.08. The standard InChI is InChI=1S/C10H8N2O2S4/c13-11-7-3-1-5-9(11)17-18(15,16)10-6-2-4-8-12(10)14/h1-8H. The summed E-state index contributed by atoms with van der Waals surface area (Å²) < 4.78 is 1.36. The van der Waals surface area contributed by atoms with Crippen LogP contribution in [0.4, 0.5) is 0 Å². The molecule has 0 fully saturated rings. The Labute approximate surface area is 118 Å². The van der Waals surface area contributed by atoms with Crippen LogP contribution in [-0.2, 0) is 28.6 Å². The third-order valence-corrected chi connectivity index (χ3v) is 7.50. The summed E-state index contributed by atoms with van der Waals surface area (Å²) in [4.78, 5) is 0. The highest BCUT2D eigenvalue weighted by Gasteiger charge is 2.20. The van der Waals surface area contributed by atoms with Gasteiger partial charge in [-0.25, -0.2) is 0 Å². The number of nitrogens with zero attached hydrogens (tertiary/aromatic N) is 2. The lowest BCUT2D eigenvalue weighted by Gasteiger charge is -2.09. The molecule has 2 rings (SSSR count). The number of hydrogen-bond acceptors (Lipinski definition) is 5. The van der Waals surface area contributed by atoms with Gasteiger partial charge in [-0.3, -0.25) is 0 Å². The molecule has 0 amide bonds. The summed E-state index contributed by atoms with van der Waals surface area (Å²) in [6.07, 6.45) is 0.474. The molecule has 4 nitrogen and oxygen atoms in total. The van der Waals surface area contributed by atoms with Crippen LogP contribution in [0, 0.1) is 10.4 Å². The molecule has 2 aromatic heterocycles. The normalized spacial score (nSPS) is 11.3. The van der Waals surface area contributed by atoms with E-state index in [1.54, 1.807) is 36.4 Å². The fourth-order valence-corrected chi connectivity index (χ4v) is 6.08. The number of aromatic nitrogens is 2. The lowest BCUT2D eigenvalue weighted by molar-refractivity contribution is -0.646. The summed E-state index contributed by atoms with van der Waals surface area (Å²) in [5, 5.41) is 23.9. The molecule has 18 heavy (non-hydrogen) atoms. The fourth-order valence-electron chi connectivity index (χ4n) is 1.24. The minimum Gasteiger partial charge on any atom is -0.618 e. The maximum atomic E-state index is 11.6. The van der Waals surface area contributed by atoms with Crippen LogP contribution in [-0.4, -0.2) is 0 Å². The second kappa shape index (κ2) is 5.35. The molecule has 0 aliphatic heterocycles. The molecule has 0 saturated carbocycles. The highest BCUT2D eigenvalue weighted by Crippen LogP contribution is 2.27. The Bertz CT molecular complexity index is 673. The van der Waals surface area contributed by atoms with Crippen molar-refractivity contribution in [2.45, 2.75) is 10.1 Å². The van der Waals surface area contributed by atoms with E-state index in [0.717, 1.165) is 10.8 Å². The van der Waals surface area contributed by atoms with Gasteiger partial charge >= 0.3 is 0 Å². The third kappa shape index (κ3) is 2.89. The Balaban J connectivity index is 2.40. The quantitative estimate of drug-likeness (QED) is 0.482. The van der Waals surface area contributed by atoms with Gasteiger partial charge in [-0.05, 0) is 34.5 Å². The number of pyridine rings is 2. The van der Waals surface area contributed by atoms with E-state index in [0.29, 0.717) is 19.5 Å². The van der Waals surface area contributed by atoms with Crippen molar-refractivity contribution >= 4 is 39.3 Å². The van der Waals surface area contributed by atoms with Gasteiger partial charge in [0.05, 0.1) is 6.18 Å². The molecule has 0 bridgehead atoms. The van der Waals surface area contributed by atoms with Crippen LogP contribution in [0.5, 0.6) is 0 Å². The van der Waals surface area contributed by atoms with Crippen molar-refractivity contribution in [2.24, 2.45) is 0 Å². The van der Waals surface area contributed by atoms with Gasteiger partial charge in [0.25, 0.3) is 10.1 Å². The van der Waals surface area contributed by atoms with E-state index < -0.39 is 6.18 Å². The Kier molecular flexibility index (Phi) is 4.00. The van der Waals surface area contributed by atoms with Crippen molar-refractivity contribution in [3.8, 4) is 0 Å². The van der Waals surface area contributed by atoms with E-state index in [1.165, 1.54) is 12.4 Å². The summed E-state index contributed by atoms with van der Waals surface area (Å²) in [5.41, 5.74) is 0. The van der Waals surface area contributed by atoms with E-state index in [2.05, 4.69) is 0 Å². The van der Waals surface area contributed by atoms with Gasteiger partial charge in [0.15, 0.2) is 12.4 Å². The molecule has 0 aliphatic rings. The van der Waals surface area contributed by atoms with Gasteiger partial charge in [-0.2, -0.15) is 9.46 Å². The van der Waals surface area contributed by atoms with Crippen molar-refractivity contribution in [1.29, 1.82) is 0 Å². The Morgan fingerprint density at radius 2 is 1.56 bits per heavy atom. The average molecular weight is 316 g/mol. The Hall–Kier alpha value is -0.960. The van der Waals surface area contributed by atoms with Crippen LogP contribution in [0.3, 0.4) is 0 Å². The molecular weight excluding hydrogens is 308 g/mol. The molecule has 0 spiro atoms. The SMILES string of the molecule is [O-][n+]1ccccc1SS(=S)(=S)c1cccc[n+]1[O-]. The van der Waals surface area contributed by atoms with Gasteiger partial charge in [-0.1, -0.05) is 0 Å². The molecule has 8 heteroatoms. The smallest absolute Gasteiger partial charge is 0.269 e. The highest BCUT2D eigenvalue weighted by molar-refractivity contribution is 8.97. The Morgan fingerprint density at radius 3 is 2.17 bits per heavy atom. The largest absolute Gasteiger partial charge is 0.618 e. The second-order valence-electron chi connectivity index (χ2n) is 3.27. The van der Waals surface area contributed by atoms with Gasteiger partial charge < -0.3 is 10.4 Å². The fraction of sp³-hybridized carbons (Fsp3) is 0. The first-order valence-electron chi connectivity index (χ1n) is 4.81. The van der Waals surface area contributed by atoms with Crippen LogP contribution in [0.2, 0.25) is 0 Å². The van der Waals surface area contributed by atoms with Crippen LogP contribution < -0.4 is 9.46 Å². The molecule has 0 aromatic carbocycles. The molecule has 2 heterocycles. The third-order valence-electron chi connectivity index (χ3n) is 2.03. The molecule has 94 valence electrons. The second-order valence-corrected chi connectivity index (χ2v) is 12.1. The van der Waals surface area contributed by atoms with Crippen LogP contribution >= 0.6 is 10.8 Å². The number of hydrogen-bond donors (Lipinski definition) is 0. The zero-order valence-corrected chi connectivity index (χ0v) is 12.2.